The fourth-order valence-electron chi connectivity index (χ4n) is 3.33. The van der Waals surface area contributed by atoms with E-state index in [1.165, 1.54) is 0 Å². The van der Waals surface area contributed by atoms with Gasteiger partial charge in [-0.15, -0.1) is 0 Å². The Balaban J connectivity index is 1.69. The zero-order valence-corrected chi connectivity index (χ0v) is 13.0. The molecule has 0 aromatic carbocycles. The monoisotopic (exact) mass is 312 g/mol. The van der Waals surface area contributed by atoms with E-state index in [2.05, 4.69) is 11.8 Å². The molecular weight excluding hydrogens is 292 g/mol. The number of furan rings is 1. The largest absolute Gasteiger partial charge is 0.440 e. The van der Waals surface area contributed by atoms with E-state index in [-0.39, 0.29) is 11.1 Å². The summed E-state index contributed by atoms with van der Waals surface area (Å²) >= 11 is 5.76. The lowest BCUT2D eigenvalue weighted by molar-refractivity contribution is 0.0102. The summed E-state index contributed by atoms with van der Waals surface area (Å²) < 4.78 is 10.7. The van der Waals surface area contributed by atoms with Gasteiger partial charge >= 0.3 is 0 Å². The summed E-state index contributed by atoms with van der Waals surface area (Å²) in [5, 5.41) is 0.259. The van der Waals surface area contributed by atoms with Crippen LogP contribution in [0, 0.1) is 5.92 Å². The van der Waals surface area contributed by atoms with Crippen LogP contribution < -0.4 is 0 Å². The van der Waals surface area contributed by atoms with Crippen LogP contribution in [-0.2, 0) is 4.74 Å². The molecule has 21 heavy (non-hydrogen) atoms. The van der Waals surface area contributed by atoms with E-state index >= 15 is 0 Å². The van der Waals surface area contributed by atoms with Crippen LogP contribution in [0.1, 0.15) is 23.9 Å². The highest BCUT2D eigenvalue weighted by Crippen LogP contribution is 2.27. The van der Waals surface area contributed by atoms with Gasteiger partial charge in [0.05, 0.1) is 13.2 Å². The first-order valence-corrected chi connectivity index (χ1v) is 7.93. The lowest BCUT2D eigenvalue weighted by Crippen LogP contribution is -2.47. The molecule has 2 aliphatic heterocycles. The molecule has 3 heterocycles. The Labute approximate surface area is 129 Å². The number of likely N-dealkylation sites (tertiary alicyclic amines) is 1. The Hall–Kier alpha value is -1.04. The number of halogens is 1. The molecule has 2 atom stereocenters. The molecule has 2 fully saturated rings. The second-order valence-electron chi connectivity index (χ2n) is 5.70. The average molecular weight is 313 g/mol. The zero-order valence-electron chi connectivity index (χ0n) is 12.3. The molecule has 6 heteroatoms. The molecule has 5 nitrogen and oxygen atoms in total. The number of nitrogens with zero attached hydrogens (tertiary/aromatic N) is 2. The first-order chi connectivity index (χ1) is 10.2. The molecule has 2 aliphatic rings. The van der Waals surface area contributed by atoms with E-state index in [0.29, 0.717) is 17.7 Å². The van der Waals surface area contributed by atoms with Gasteiger partial charge in [-0.1, -0.05) is 13.3 Å². The SMILES string of the molecule is CC[C@@H]1CN(C(=O)c2ccc(Cl)o2)C[C@H]1N1CCOCC1. The molecule has 116 valence electrons. The minimum atomic E-state index is -0.0592. The summed E-state index contributed by atoms with van der Waals surface area (Å²) in [5.74, 6) is 0.783. The van der Waals surface area contributed by atoms with Crippen LogP contribution in [0.2, 0.25) is 5.22 Å². The van der Waals surface area contributed by atoms with Gasteiger partial charge in [-0.3, -0.25) is 9.69 Å². The second kappa shape index (κ2) is 6.38. The summed E-state index contributed by atoms with van der Waals surface area (Å²) in [6, 6.07) is 3.68. The van der Waals surface area contributed by atoms with Gasteiger partial charge in [0, 0.05) is 32.2 Å². The van der Waals surface area contributed by atoms with Gasteiger partial charge in [-0.25, -0.2) is 0 Å². The minimum Gasteiger partial charge on any atom is -0.440 e. The molecule has 0 spiro atoms. The van der Waals surface area contributed by atoms with Crippen molar-refractivity contribution in [2.45, 2.75) is 19.4 Å². The number of carbonyl (C=O) groups excluding carboxylic acids is 1. The number of ether oxygens (including phenoxy) is 1. The van der Waals surface area contributed by atoms with E-state index in [4.69, 9.17) is 20.8 Å². The third kappa shape index (κ3) is 3.10. The van der Waals surface area contributed by atoms with Gasteiger partial charge in [-0.05, 0) is 29.7 Å². The molecule has 0 aliphatic carbocycles. The van der Waals surface area contributed by atoms with Crippen LogP contribution in [0.15, 0.2) is 16.5 Å². The highest BCUT2D eigenvalue weighted by atomic mass is 35.5. The molecule has 0 unspecified atom stereocenters. The maximum atomic E-state index is 12.5. The van der Waals surface area contributed by atoms with E-state index in [0.717, 1.165) is 45.8 Å². The van der Waals surface area contributed by atoms with Crippen molar-refractivity contribution in [3.63, 3.8) is 0 Å². The van der Waals surface area contributed by atoms with Gasteiger partial charge in [0.2, 0.25) is 0 Å². The Morgan fingerprint density at radius 3 is 2.71 bits per heavy atom. The molecule has 0 radical (unpaired) electrons. The smallest absolute Gasteiger partial charge is 0.289 e. The van der Waals surface area contributed by atoms with Gasteiger partial charge in [-0.2, -0.15) is 0 Å². The predicted octanol–water partition coefficient (Wildman–Crippen LogP) is 2.12. The Morgan fingerprint density at radius 1 is 1.33 bits per heavy atom. The molecule has 0 N–H and O–H groups in total. The summed E-state index contributed by atoms with van der Waals surface area (Å²) in [7, 11) is 0. The van der Waals surface area contributed by atoms with Crippen molar-refractivity contribution in [3.05, 3.63) is 23.1 Å². The fraction of sp³-hybridized carbons (Fsp3) is 0.667. The minimum absolute atomic E-state index is 0.0592. The lowest BCUT2D eigenvalue weighted by Gasteiger charge is -2.34. The third-order valence-corrected chi connectivity index (χ3v) is 4.72. The van der Waals surface area contributed by atoms with Crippen LogP contribution >= 0.6 is 11.6 Å². The standard InChI is InChI=1S/C15H21ClN2O3/c1-2-11-9-18(15(19)13-3-4-14(16)21-13)10-12(11)17-5-7-20-8-6-17/h3-4,11-12H,2,5-10H2,1H3/t11-,12-/m1/s1. The number of rotatable bonds is 3. The molecule has 1 amide bonds. The Kier molecular flexibility index (Phi) is 4.52. The van der Waals surface area contributed by atoms with Gasteiger partial charge in [0.1, 0.15) is 0 Å². The normalized spacial score (nSPS) is 27.2. The molecule has 0 saturated carbocycles. The van der Waals surface area contributed by atoms with Crippen LogP contribution in [0.4, 0.5) is 0 Å². The van der Waals surface area contributed by atoms with Crippen molar-refractivity contribution in [1.82, 2.24) is 9.80 Å². The molecular formula is C15H21ClN2O3. The summed E-state index contributed by atoms with van der Waals surface area (Å²) in [6.45, 7) is 7.22. The van der Waals surface area contributed by atoms with Crippen molar-refractivity contribution >= 4 is 17.5 Å². The van der Waals surface area contributed by atoms with Crippen molar-refractivity contribution < 1.29 is 13.9 Å². The van der Waals surface area contributed by atoms with Crippen LogP contribution in [0.25, 0.3) is 0 Å². The first-order valence-electron chi connectivity index (χ1n) is 7.55. The van der Waals surface area contributed by atoms with Gasteiger partial charge in [0.15, 0.2) is 11.0 Å². The van der Waals surface area contributed by atoms with Gasteiger partial charge < -0.3 is 14.1 Å². The van der Waals surface area contributed by atoms with E-state index in [9.17, 15) is 4.79 Å². The Bertz CT molecular complexity index is 499. The quantitative estimate of drug-likeness (QED) is 0.857. The number of hydrogen-bond acceptors (Lipinski definition) is 4. The molecule has 1 aromatic heterocycles. The summed E-state index contributed by atoms with van der Waals surface area (Å²) in [6.07, 6.45) is 1.07. The van der Waals surface area contributed by atoms with Crippen molar-refractivity contribution in [2.24, 2.45) is 5.92 Å². The fourth-order valence-corrected chi connectivity index (χ4v) is 3.48. The first kappa shape index (κ1) is 14.9. The van der Waals surface area contributed by atoms with E-state index in [1.807, 2.05) is 4.90 Å². The maximum Gasteiger partial charge on any atom is 0.289 e. The topological polar surface area (TPSA) is 45.9 Å². The molecule has 3 rings (SSSR count). The Morgan fingerprint density at radius 2 is 2.10 bits per heavy atom. The van der Waals surface area contributed by atoms with Crippen molar-refractivity contribution in [1.29, 1.82) is 0 Å². The number of amides is 1. The highest BCUT2D eigenvalue weighted by Gasteiger charge is 2.38. The zero-order chi connectivity index (χ0) is 14.8. The van der Waals surface area contributed by atoms with E-state index < -0.39 is 0 Å². The summed E-state index contributed by atoms with van der Waals surface area (Å²) in [4.78, 5) is 16.8. The number of carbonyl (C=O) groups is 1. The molecule has 0 bridgehead atoms. The lowest BCUT2D eigenvalue weighted by atomic mass is 9.99. The van der Waals surface area contributed by atoms with Crippen LogP contribution in [0.3, 0.4) is 0 Å². The molecule has 1 aromatic rings. The van der Waals surface area contributed by atoms with Crippen LogP contribution in [-0.4, -0.2) is 61.1 Å². The average Bonchev–Trinajstić information content (AvgIpc) is 3.13. The molecule has 2 saturated heterocycles. The van der Waals surface area contributed by atoms with Crippen LogP contribution in [0.5, 0.6) is 0 Å². The van der Waals surface area contributed by atoms with Crippen molar-refractivity contribution in [2.75, 3.05) is 39.4 Å². The number of hydrogen-bond donors (Lipinski definition) is 0. The second-order valence-corrected chi connectivity index (χ2v) is 6.07. The third-order valence-electron chi connectivity index (χ3n) is 4.52. The van der Waals surface area contributed by atoms with Gasteiger partial charge in [0.25, 0.3) is 5.91 Å². The number of morpholine rings is 1. The maximum absolute atomic E-state index is 12.5. The van der Waals surface area contributed by atoms with Crippen molar-refractivity contribution in [3.8, 4) is 0 Å². The highest BCUT2D eigenvalue weighted by molar-refractivity contribution is 6.29. The van der Waals surface area contributed by atoms with E-state index in [1.54, 1.807) is 12.1 Å². The summed E-state index contributed by atoms with van der Waals surface area (Å²) in [5.41, 5.74) is 0. The predicted molar refractivity (Wildman–Crippen MR) is 79.6 cm³/mol.